The molecule has 0 spiro atoms. The zero-order valence-electron chi connectivity index (χ0n) is 11.5. The first-order valence-corrected chi connectivity index (χ1v) is 7.13. The molecule has 0 fully saturated rings. The summed E-state index contributed by atoms with van der Waals surface area (Å²) in [5.41, 5.74) is 1.07. The number of benzene rings is 1. The molecule has 5 heteroatoms. The topological polar surface area (TPSA) is 54.5 Å². The van der Waals surface area contributed by atoms with Crippen LogP contribution in [0.25, 0.3) is 0 Å². The van der Waals surface area contributed by atoms with E-state index in [1.54, 1.807) is 36.4 Å². The molecule has 0 saturated carbocycles. The van der Waals surface area contributed by atoms with Gasteiger partial charge in [-0.05, 0) is 6.08 Å². The number of alkyl halides is 1. The van der Waals surface area contributed by atoms with Gasteiger partial charge >= 0.3 is 0 Å². The minimum atomic E-state index is -1.25. The summed E-state index contributed by atoms with van der Waals surface area (Å²) < 4.78 is 0. The summed E-state index contributed by atoms with van der Waals surface area (Å²) >= 11 is 6.39. The molecule has 3 rings (SSSR count). The lowest BCUT2D eigenvalue weighted by atomic mass is 9.95. The molecule has 4 nitrogen and oxygen atoms in total. The van der Waals surface area contributed by atoms with Crippen LogP contribution in [0.3, 0.4) is 0 Å². The van der Waals surface area contributed by atoms with Crippen LogP contribution in [0.1, 0.15) is 16.8 Å². The second kappa shape index (κ2) is 5.39. The monoisotopic (exact) mass is 313 g/mol. The molecule has 110 valence electrons. The number of carbonyl (C=O) groups excluding carboxylic acids is 3. The van der Waals surface area contributed by atoms with Crippen LogP contribution in [-0.2, 0) is 9.59 Å². The largest absolute Gasteiger partial charge is 0.289 e. The number of ketones is 1. The lowest BCUT2D eigenvalue weighted by molar-refractivity contribution is -0.139. The number of carbonyl (C=O) groups is 3. The fraction of sp³-hybridized carbons (Fsp3) is 0.118. The maximum atomic E-state index is 12.3. The van der Waals surface area contributed by atoms with E-state index in [9.17, 15) is 14.4 Å². The Kier molecular flexibility index (Phi) is 3.54. The molecule has 1 atom stereocenters. The average Bonchev–Trinajstić information content (AvgIpc) is 2.88. The van der Waals surface area contributed by atoms with Gasteiger partial charge < -0.3 is 0 Å². The standard InChI is InChI=1S/C17H12ClNO3/c18-17(19-14(20)6-7-15(19)21)10-8-13(9-11-17)16(22)12-4-2-1-3-5-12/h1-10H,11H2. The molecule has 1 aliphatic carbocycles. The lowest BCUT2D eigenvalue weighted by Crippen LogP contribution is -2.47. The molecule has 0 aromatic heterocycles. The number of allylic oxidation sites excluding steroid dienone is 2. The van der Waals surface area contributed by atoms with E-state index in [1.807, 2.05) is 6.07 Å². The van der Waals surface area contributed by atoms with E-state index in [0.29, 0.717) is 11.1 Å². The van der Waals surface area contributed by atoms with Crippen molar-refractivity contribution in [2.24, 2.45) is 0 Å². The van der Waals surface area contributed by atoms with Gasteiger partial charge in [0.1, 0.15) is 5.00 Å². The third kappa shape index (κ3) is 2.42. The maximum Gasteiger partial charge on any atom is 0.255 e. The van der Waals surface area contributed by atoms with Crippen molar-refractivity contribution in [2.45, 2.75) is 11.4 Å². The fourth-order valence-corrected chi connectivity index (χ4v) is 2.77. The number of Topliss-reactive ketones (excluding diaryl/α,β-unsaturated/α-hetero) is 1. The second-order valence-electron chi connectivity index (χ2n) is 5.06. The predicted octanol–water partition coefficient (Wildman–Crippen LogP) is 2.62. The smallest absolute Gasteiger partial charge is 0.255 e. The van der Waals surface area contributed by atoms with Gasteiger partial charge in [-0.3, -0.25) is 19.3 Å². The first kappa shape index (κ1) is 14.5. The summed E-state index contributed by atoms with van der Waals surface area (Å²) in [7, 11) is 0. The average molecular weight is 314 g/mol. The zero-order chi connectivity index (χ0) is 15.7. The molecule has 1 aromatic carbocycles. The zero-order valence-corrected chi connectivity index (χ0v) is 12.3. The second-order valence-corrected chi connectivity index (χ2v) is 5.71. The van der Waals surface area contributed by atoms with Crippen molar-refractivity contribution in [3.63, 3.8) is 0 Å². The number of hydrogen-bond donors (Lipinski definition) is 0. The first-order valence-electron chi connectivity index (χ1n) is 6.75. The Labute approximate surface area is 132 Å². The van der Waals surface area contributed by atoms with E-state index >= 15 is 0 Å². The third-order valence-electron chi connectivity index (χ3n) is 3.61. The summed E-state index contributed by atoms with van der Waals surface area (Å²) in [4.78, 5) is 35.6. The van der Waals surface area contributed by atoms with Gasteiger partial charge in [0.15, 0.2) is 5.78 Å². The van der Waals surface area contributed by atoms with Crippen LogP contribution in [0, 0.1) is 0 Å². The Bertz CT molecular complexity index is 730. The quantitative estimate of drug-likeness (QED) is 0.373. The van der Waals surface area contributed by atoms with Crippen molar-refractivity contribution in [3.05, 3.63) is 71.8 Å². The van der Waals surface area contributed by atoms with E-state index < -0.39 is 16.8 Å². The van der Waals surface area contributed by atoms with Crippen LogP contribution in [0.15, 0.2) is 66.3 Å². The van der Waals surface area contributed by atoms with Crippen molar-refractivity contribution in [1.29, 1.82) is 0 Å². The minimum absolute atomic E-state index is 0.118. The molecular weight excluding hydrogens is 302 g/mol. The Balaban J connectivity index is 1.81. The van der Waals surface area contributed by atoms with Crippen molar-refractivity contribution >= 4 is 29.2 Å². The van der Waals surface area contributed by atoms with E-state index in [2.05, 4.69) is 0 Å². The van der Waals surface area contributed by atoms with E-state index in [-0.39, 0.29) is 12.2 Å². The maximum absolute atomic E-state index is 12.3. The highest BCUT2D eigenvalue weighted by Gasteiger charge is 2.41. The SMILES string of the molecule is O=C(C1=CCC(Cl)(N2C(=O)C=CC2=O)C=C1)c1ccccc1. The lowest BCUT2D eigenvalue weighted by Gasteiger charge is -2.33. The number of amides is 2. The molecule has 1 aromatic rings. The number of hydrogen-bond acceptors (Lipinski definition) is 3. The van der Waals surface area contributed by atoms with Gasteiger partial charge in [-0.1, -0.05) is 54.1 Å². The number of halogens is 1. The summed E-state index contributed by atoms with van der Waals surface area (Å²) in [5, 5.41) is 0. The van der Waals surface area contributed by atoms with Crippen LogP contribution in [0.4, 0.5) is 0 Å². The Morgan fingerprint density at radius 3 is 2.23 bits per heavy atom. The van der Waals surface area contributed by atoms with E-state index in [1.165, 1.54) is 18.2 Å². The minimum Gasteiger partial charge on any atom is -0.289 e. The predicted molar refractivity (Wildman–Crippen MR) is 82.2 cm³/mol. The highest BCUT2D eigenvalue weighted by Crippen LogP contribution is 2.34. The van der Waals surface area contributed by atoms with Gasteiger partial charge in [-0.25, -0.2) is 0 Å². The molecule has 1 heterocycles. The van der Waals surface area contributed by atoms with Crippen LogP contribution >= 0.6 is 11.6 Å². The van der Waals surface area contributed by atoms with Crippen molar-refractivity contribution < 1.29 is 14.4 Å². The Morgan fingerprint density at radius 2 is 1.68 bits per heavy atom. The molecule has 22 heavy (non-hydrogen) atoms. The van der Waals surface area contributed by atoms with Gasteiger partial charge in [0.2, 0.25) is 0 Å². The number of rotatable bonds is 3. The molecular formula is C17H12ClNO3. The van der Waals surface area contributed by atoms with Crippen LogP contribution in [0.5, 0.6) is 0 Å². The van der Waals surface area contributed by atoms with Crippen molar-refractivity contribution in [3.8, 4) is 0 Å². The van der Waals surface area contributed by atoms with Gasteiger partial charge in [0, 0.05) is 29.7 Å². The van der Waals surface area contributed by atoms with Gasteiger partial charge in [-0.2, -0.15) is 0 Å². The first-order chi connectivity index (χ1) is 10.5. The molecule has 1 unspecified atom stereocenters. The van der Waals surface area contributed by atoms with E-state index in [4.69, 9.17) is 11.6 Å². The fourth-order valence-electron chi connectivity index (χ4n) is 2.46. The highest BCUT2D eigenvalue weighted by molar-refractivity contribution is 6.30. The normalized spacial score (nSPS) is 23.9. The third-order valence-corrected chi connectivity index (χ3v) is 4.06. The van der Waals surface area contributed by atoms with Crippen LogP contribution in [0.2, 0.25) is 0 Å². The van der Waals surface area contributed by atoms with Crippen molar-refractivity contribution in [1.82, 2.24) is 4.90 Å². The molecule has 0 bridgehead atoms. The molecule has 0 N–H and O–H groups in total. The van der Waals surface area contributed by atoms with Crippen molar-refractivity contribution in [2.75, 3.05) is 0 Å². The van der Waals surface area contributed by atoms with Gasteiger partial charge in [-0.15, -0.1) is 0 Å². The van der Waals surface area contributed by atoms with Gasteiger partial charge in [0.05, 0.1) is 0 Å². The Hall–Kier alpha value is -2.46. The number of imide groups is 1. The summed E-state index contributed by atoms with van der Waals surface area (Å²) in [6.07, 6.45) is 7.31. The van der Waals surface area contributed by atoms with Gasteiger partial charge in [0.25, 0.3) is 11.8 Å². The van der Waals surface area contributed by atoms with Crippen LogP contribution < -0.4 is 0 Å². The Morgan fingerprint density at radius 1 is 1.05 bits per heavy atom. The molecule has 0 saturated heterocycles. The summed E-state index contributed by atoms with van der Waals surface area (Å²) in [6.45, 7) is 0. The van der Waals surface area contributed by atoms with E-state index in [0.717, 1.165) is 4.90 Å². The summed E-state index contributed by atoms with van der Waals surface area (Å²) in [5.74, 6) is -1.01. The highest BCUT2D eigenvalue weighted by atomic mass is 35.5. The van der Waals surface area contributed by atoms with Crippen LogP contribution in [-0.4, -0.2) is 27.5 Å². The molecule has 0 radical (unpaired) electrons. The number of nitrogens with zero attached hydrogens (tertiary/aromatic N) is 1. The molecule has 1 aliphatic heterocycles. The summed E-state index contributed by atoms with van der Waals surface area (Å²) in [6, 6.07) is 8.89. The molecule has 2 aliphatic rings. The molecule has 2 amide bonds.